The average Bonchev–Trinajstić information content (AvgIpc) is 3.22. The minimum Gasteiger partial charge on any atom is -0.483 e. The summed E-state index contributed by atoms with van der Waals surface area (Å²) in [5.74, 6) is 0.467. The van der Waals surface area contributed by atoms with E-state index < -0.39 is 15.6 Å². The molecule has 2 aromatic heterocycles. The molecule has 0 unspecified atom stereocenters. The number of hydrogen-bond donors (Lipinski definition) is 2. The second-order valence-electron chi connectivity index (χ2n) is 9.61. The summed E-state index contributed by atoms with van der Waals surface area (Å²) in [5.41, 5.74) is 9.85. The van der Waals surface area contributed by atoms with Crippen LogP contribution in [0.3, 0.4) is 0 Å². The first-order chi connectivity index (χ1) is 17.9. The van der Waals surface area contributed by atoms with Gasteiger partial charge in [-0.1, -0.05) is 36.4 Å². The molecule has 0 spiro atoms. The van der Waals surface area contributed by atoms with Gasteiger partial charge in [-0.25, -0.2) is 18.4 Å². The van der Waals surface area contributed by atoms with Crippen LogP contribution in [0.4, 0.5) is 5.95 Å². The summed E-state index contributed by atoms with van der Waals surface area (Å²) in [4.78, 5) is 17.2. The smallest absolute Gasteiger partial charge is 0.290 e. The van der Waals surface area contributed by atoms with Gasteiger partial charge in [-0.3, -0.25) is 4.79 Å². The molecule has 0 aliphatic carbocycles. The molecule has 202 valence electrons. The highest BCUT2D eigenvalue weighted by molar-refractivity contribution is 7.89. The summed E-state index contributed by atoms with van der Waals surface area (Å²) < 4.78 is 35.5. The van der Waals surface area contributed by atoms with Gasteiger partial charge in [0.15, 0.2) is 0 Å². The normalized spacial score (nSPS) is 12.6. The Morgan fingerprint density at radius 1 is 1.11 bits per heavy atom. The summed E-state index contributed by atoms with van der Waals surface area (Å²) >= 11 is 0. The molecule has 3 N–H and O–H groups in total. The standard InChI is InChI=1S/C26H31N5O3S.CH2O2/c1-17(18-10-8-7-9-11-18)31-22-14-19(12-13-21(22)29-25(31)27)20-15-23(24(34-6)28-16-20)35(32,33)30(5)26(2,3)4;2-1-3/h7-17H,1-6H3,(H2,27,29);1H,(H,2,3)/t17-;/m1./s1. The number of nitrogens with two attached hydrogens (primary N) is 1. The van der Waals surface area contributed by atoms with Gasteiger partial charge in [0.1, 0.15) is 4.90 Å². The van der Waals surface area contributed by atoms with Crippen molar-refractivity contribution in [2.24, 2.45) is 0 Å². The second-order valence-corrected chi connectivity index (χ2v) is 11.5. The van der Waals surface area contributed by atoms with Gasteiger partial charge < -0.3 is 20.1 Å². The second kappa shape index (κ2) is 11.2. The molecule has 4 aromatic rings. The van der Waals surface area contributed by atoms with Crippen molar-refractivity contribution in [3.63, 3.8) is 0 Å². The third-order valence-electron chi connectivity index (χ3n) is 6.31. The zero-order chi connectivity index (χ0) is 28.3. The molecule has 0 aliphatic heterocycles. The van der Waals surface area contributed by atoms with Crippen LogP contribution < -0.4 is 10.5 Å². The van der Waals surface area contributed by atoms with E-state index in [1.54, 1.807) is 19.3 Å². The van der Waals surface area contributed by atoms with Crippen molar-refractivity contribution in [2.75, 3.05) is 19.9 Å². The zero-order valence-corrected chi connectivity index (χ0v) is 23.1. The van der Waals surface area contributed by atoms with Crippen molar-refractivity contribution in [1.29, 1.82) is 0 Å². The predicted octanol–water partition coefficient (Wildman–Crippen LogP) is 4.42. The molecule has 2 heterocycles. The number of aromatic nitrogens is 3. The van der Waals surface area contributed by atoms with Crippen LogP contribution in [0.15, 0.2) is 65.7 Å². The molecule has 0 saturated carbocycles. The molecule has 4 rings (SSSR count). The number of pyridine rings is 1. The summed E-state index contributed by atoms with van der Waals surface area (Å²) in [7, 11) is -0.889. The van der Waals surface area contributed by atoms with E-state index in [0.29, 0.717) is 11.5 Å². The van der Waals surface area contributed by atoms with E-state index in [2.05, 4.69) is 29.0 Å². The van der Waals surface area contributed by atoms with Crippen LogP contribution >= 0.6 is 0 Å². The molecule has 0 saturated heterocycles. The Bertz CT molecular complexity index is 1530. The minimum atomic E-state index is -3.86. The van der Waals surface area contributed by atoms with Gasteiger partial charge >= 0.3 is 0 Å². The Morgan fingerprint density at radius 3 is 2.32 bits per heavy atom. The maximum absolute atomic E-state index is 13.4. The Kier molecular flexibility index (Phi) is 8.43. The predicted molar refractivity (Wildman–Crippen MR) is 148 cm³/mol. The van der Waals surface area contributed by atoms with Gasteiger partial charge in [0, 0.05) is 24.3 Å². The number of imidazole rings is 1. The summed E-state index contributed by atoms with van der Waals surface area (Å²) in [6.45, 7) is 7.33. The lowest BCUT2D eigenvalue weighted by atomic mass is 10.1. The van der Waals surface area contributed by atoms with E-state index in [4.69, 9.17) is 20.4 Å². The van der Waals surface area contributed by atoms with Crippen molar-refractivity contribution in [2.45, 2.75) is 44.2 Å². The number of nitrogens with zero attached hydrogens (tertiary/aromatic N) is 4. The highest BCUT2D eigenvalue weighted by Gasteiger charge is 2.33. The van der Waals surface area contributed by atoms with Gasteiger partial charge in [-0.2, -0.15) is 4.31 Å². The monoisotopic (exact) mass is 539 g/mol. The number of anilines is 1. The molecular formula is C27H33N5O5S. The third kappa shape index (κ3) is 5.63. The van der Waals surface area contributed by atoms with Gasteiger partial charge in [-0.15, -0.1) is 0 Å². The summed E-state index contributed by atoms with van der Waals surface area (Å²) in [6, 6.07) is 17.4. The fourth-order valence-electron chi connectivity index (χ4n) is 4.01. The van der Waals surface area contributed by atoms with Crippen LogP contribution in [0, 0.1) is 0 Å². The van der Waals surface area contributed by atoms with Crippen molar-refractivity contribution in [3.8, 4) is 17.0 Å². The first-order valence-corrected chi connectivity index (χ1v) is 13.2. The Morgan fingerprint density at radius 2 is 1.74 bits per heavy atom. The summed E-state index contributed by atoms with van der Waals surface area (Å²) in [5, 5.41) is 6.89. The molecule has 0 bridgehead atoms. The number of carbonyl (C=O) groups is 1. The van der Waals surface area contributed by atoms with Crippen LogP contribution in [0.2, 0.25) is 0 Å². The Labute approximate surface area is 222 Å². The molecule has 10 nitrogen and oxygen atoms in total. The SMILES string of the molecule is COc1ncc(-c2ccc3nc(N)n([C@H](C)c4ccccc4)c3c2)cc1S(=O)(=O)N(C)C(C)(C)C.O=CO. The lowest BCUT2D eigenvalue weighted by molar-refractivity contribution is -0.122. The highest BCUT2D eigenvalue weighted by Crippen LogP contribution is 2.34. The fraction of sp³-hybridized carbons (Fsp3) is 0.296. The lowest BCUT2D eigenvalue weighted by Gasteiger charge is -2.31. The number of sulfonamides is 1. The van der Waals surface area contributed by atoms with E-state index in [-0.39, 0.29) is 23.3 Å². The molecular weight excluding hydrogens is 506 g/mol. The summed E-state index contributed by atoms with van der Waals surface area (Å²) in [6.07, 6.45) is 1.61. The molecule has 1 atom stereocenters. The molecule has 0 aliphatic rings. The topological polar surface area (TPSA) is 141 Å². The van der Waals surface area contributed by atoms with E-state index in [1.807, 2.05) is 61.7 Å². The Balaban J connectivity index is 0.00000127. The van der Waals surface area contributed by atoms with Crippen molar-refractivity contribution < 1.29 is 23.1 Å². The largest absolute Gasteiger partial charge is 0.483 e. The van der Waals surface area contributed by atoms with E-state index in [0.717, 1.165) is 22.2 Å². The molecule has 2 aromatic carbocycles. The lowest BCUT2D eigenvalue weighted by Crippen LogP contribution is -2.42. The van der Waals surface area contributed by atoms with Crippen molar-refractivity contribution in [1.82, 2.24) is 18.8 Å². The van der Waals surface area contributed by atoms with Crippen LogP contribution in [-0.2, 0) is 14.8 Å². The van der Waals surface area contributed by atoms with E-state index >= 15 is 0 Å². The molecule has 38 heavy (non-hydrogen) atoms. The van der Waals surface area contributed by atoms with Gasteiger partial charge in [0.05, 0.1) is 24.2 Å². The molecule has 0 radical (unpaired) electrons. The van der Waals surface area contributed by atoms with E-state index in [9.17, 15) is 8.42 Å². The van der Waals surface area contributed by atoms with Crippen molar-refractivity contribution >= 4 is 33.5 Å². The van der Waals surface area contributed by atoms with Crippen LogP contribution in [0.25, 0.3) is 22.2 Å². The number of carboxylic acid groups (broad SMARTS) is 1. The van der Waals surface area contributed by atoms with Crippen LogP contribution in [0.1, 0.15) is 39.3 Å². The quantitative estimate of drug-likeness (QED) is 0.343. The van der Waals surface area contributed by atoms with Crippen LogP contribution in [0.5, 0.6) is 5.88 Å². The van der Waals surface area contributed by atoms with Crippen LogP contribution in [-0.4, -0.2) is 58.5 Å². The Hall–Kier alpha value is -3.96. The highest BCUT2D eigenvalue weighted by atomic mass is 32.2. The average molecular weight is 540 g/mol. The zero-order valence-electron chi connectivity index (χ0n) is 22.3. The van der Waals surface area contributed by atoms with E-state index in [1.165, 1.54) is 11.4 Å². The first kappa shape index (κ1) is 28.6. The third-order valence-corrected chi connectivity index (χ3v) is 8.43. The molecule has 0 amide bonds. The van der Waals surface area contributed by atoms with Crippen molar-refractivity contribution in [3.05, 3.63) is 66.4 Å². The number of nitrogen functional groups attached to an aromatic ring is 1. The first-order valence-electron chi connectivity index (χ1n) is 11.8. The minimum absolute atomic E-state index is 0.0145. The number of rotatable bonds is 6. The van der Waals surface area contributed by atoms with Gasteiger partial charge in [-0.05, 0) is 57.0 Å². The van der Waals surface area contributed by atoms with Gasteiger partial charge in [0.2, 0.25) is 21.9 Å². The number of hydrogen-bond acceptors (Lipinski definition) is 7. The number of fused-ring (bicyclic) bond motifs is 1. The molecule has 0 fully saturated rings. The van der Waals surface area contributed by atoms with Gasteiger partial charge in [0.25, 0.3) is 6.47 Å². The number of ether oxygens (including phenoxy) is 1. The fourth-order valence-corrected chi connectivity index (χ4v) is 5.66. The number of benzene rings is 2. The number of methoxy groups -OCH3 is 1. The maximum atomic E-state index is 13.4. The molecule has 11 heteroatoms. The maximum Gasteiger partial charge on any atom is 0.290 e.